The lowest BCUT2D eigenvalue weighted by Gasteiger charge is -2.45. The molecule has 0 aromatic heterocycles. The molecule has 1 aliphatic rings. The van der Waals surface area contributed by atoms with Crippen molar-refractivity contribution in [3.8, 4) is 0 Å². The van der Waals surface area contributed by atoms with Crippen molar-refractivity contribution in [3.05, 3.63) is 130 Å². The number of benzene rings is 3. The SMILES string of the molecule is CCCCCCCCCCCCC/C=C/[C@@H](OC(=O)c1ccccc1)[C@H](CO[C@H]1O[C@H](COCC(=O)OCC)[C@H](OCC(=O)OCC)[C@H](OC(=O)c2ccccc2)[C@H]1OC(=O)c1ccccc1)N=[N+]=[N-]. The first-order chi connectivity index (χ1) is 34.2. The standard InChI is InChI=1S/C53H69N3O14/c1-4-7-8-9-10-11-12-13-14-15-16-17-27-34-43(67-50(59)39-28-21-18-22-29-39)42(55-56-54)35-66-53-49(70-52(61)41-32-25-20-26-33-41)48(69-51(60)40-30-23-19-24-31-40)47(65-38-46(58)64-6-3)44(68-53)36-62-37-45(57)63-5-2/h18-34,42-44,47-49,53H,4-17,35-38H2,1-3H3/b34-27+/t42-,43+,44+,47-,48-,49+,53-/m0/s1. The van der Waals surface area contributed by atoms with E-state index in [1.54, 1.807) is 86.7 Å². The number of carbonyl (C=O) groups excluding carboxylic acids is 5. The number of hydrogen-bond donors (Lipinski definition) is 0. The Hall–Kier alpha value is -6.10. The molecule has 3 aromatic carbocycles. The van der Waals surface area contributed by atoms with Gasteiger partial charge in [0.05, 0.1) is 43.1 Å². The summed E-state index contributed by atoms with van der Waals surface area (Å²) in [4.78, 5) is 69.5. The van der Waals surface area contributed by atoms with Crippen LogP contribution in [-0.2, 0) is 52.2 Å². The highest BCUT2D eigenvalue weighted by Gasteiger charge is 2.52. The van der Waals surface area contributed by atoms with Crippen LogP contribution in [0.2, 0.25) is 0 Å². The van der Waals surface area contributed by atoms with E-state index in [4.69, 9.17) is 42.6 Å². The fourth-order valence-corrected chi connectivity index (χ4v) is 7.59. The molecule has 0 bridgehead atoms. The van der Waals surface area contributed by atoms with Crippen molar-refractivity contribution in [2.24, 2.45) is 5.11 Å². The number of nitrogens with zero attached hydrogens (tertiary/aromatic N) is 3. The van der Waals surface area contributed by atoms with E-state index in [2.05, 4.69) is 16.9 Å². The van der Waals surface area contributed by atoms with Crippen molar-refractivity contribution >= 4 is 29.8 Å². The number of azide groups is 1. The van der Waals surface area contributed by atoms with Gasteiger partial charge < -0.3 is 42.6 Å². The number of hydrogen-bond acceptors (Lipinski definition) is 15. The predicted octanol–water partition coefficient (Wildman–Crippen LogP) is 9.87. The number of rotatable bonds is 33. The third-order valence-electron chi connectivity index (χ3n) is 11.2. The smallest absolute Gasteiger partial charge is 0.338 e. The Morgan fingerprint density at radius 3 is 1.66 bits per heavy atom. The summed E-state index contributed by atoms with van der Waals surface area (Å²) in [5.74, 6) is -3.84. The Morgan fingerprint density at radius 1 is 0.629 bits per heavy atom. The van der Waals surface area contributed by atoms with Gasteiger partial charge in [0.1, 0.15) is 37.6 Å². The molecule has 0 unspecified atom stereocenters. The topological polar surface area (TPSA) is 217 Å². The van der Waals surface area contributed by atoms with Crippen molar-refractivity contribution in [3.63, 3.8) is 0 Å². The van der Waals surface area contributed by atoms with E-state index in [1.165, 1.54) is 75.6 Å². The third kappa shape index (κ3) is 20.5. The Morgan fingerprint density at radius 2 is 1.13 bits per heavy atom. The van der Waals surface area contributed by atoms with E-state index in [0.717, 1.165) is 19.3 Å². The first-order valence-electron chi connectivity index (χ1n) is 24.4. The van der Waals surface area contributed by atoms with Crippen LogP contribution in [-0.4, -0.2) is 112 Å². The highest BCUT2D eigenvalue weighted by atomic mass is 16.7. The molecule has 1 heterocycles. The average Bonchev–Trinajstić information content (AvgIpc) is 3.37. The van der Waals surface area contributed by atoms with Crippen LogP contribution >= 0.6 is 0 Å². The lowest BCUT2D eigenvalue weighted by molar-refractivity contribution is -0.308. The van der Waals surface area contributed by atoms with Crippen molar-refractivity contribution in [2.45, 2.75) is 141 Å². The van der Waals surface area contributed by atoms with Crippen molar-refractivity contribution in [1.82, 2.24) is 0 Å². The van der Waals surface area contributed by atoms with Gasteiger partial charge in [0.2, 0.25) is 0 Å². The van der Waals surface area contributed by atoms with Gasteiger partial charge in [-0.3, -0.25) is 0 Å². The predicted molar refractivity (Wildman–Crippen MR) is 259 cm³/mol. The maximum Gasteiger partial charge on any atom is 0.338 e. The van der Waals surface area contributed by atoms with Gasteiger partial charge in [0.15, 0.2) is 18.5 Å². The molecule has 0 N–H and O–H groups in total. The highest BCUT2D eigenvalue weighted by molar-refractivity contribution is 5.91. The van der Waals surface area contributed by atoms with Crippen molar-refractivity contribution in [1.29, 1.82) is 0 Å². The fraction of sp³-hybridized carbons (Fsp3) is 0.528. The Kier molecular flexibility index (Phi) is 27.0. The summed E-state index contributed by atoms with van der Waals surface area (Å²) < 4.78 is 53.0. The molecule has 0 saturated carbocycles. The van der Waals surface area contributed by atoms with Gasteiger partial charge >= 0.3 is 29.8 Å². The summed E-state index contributed by atoms with van der Waals surface area (Å²) in [7, 11) is 0. The fourth-order valence-electron chi connectivity index (χ4n) is 7.59. The maximum atomic E-state index is 13.9. The van der Waals surface area contributed by atoms with Crippen LogP contribution in [0.3, 0.4) is 0 Å². The zero-order chi connectivity index (χ0) is 50.2. The average molecular weight is 972 g/mol. The normalized spacial score (nSPS) is 18.5. The van der Waals surface area contributed by atoms with Crippen LogP contribution < -0.4 is 0 Å². The van der Waals surface area contributed by atoms with Crippen LogP contribution in [0.1, 0.15) is 129 Å². The van der Waals surface area contributed by atoms with E-state index in [-0.39, 0.29) is 29.9 Å². The van der Waals surface area contributed by atoms with Crippen LogP contribution in [0.5, 0.6) is 0 Å². The first-order valence-corrected chi connectivity index (χ1v) is 24.4. The Bertz CT molecular complexity index is 2070. The van der Waals surface area contributed by atoms with E-state index >= 15 is 0 Å². The molecule has 4 rings (SSSR count). The molecule has 3 aromatic rings. The highest BCUT2D eigenvalue weighted by Crippen LogP contribution is 2.32. The maximum absolute atomic E-state index is 13.9. The molecule has 1 fully saturated rings. The van der Waals surface area contributed by atoms with E-state index in [0.29, 0.717) is 6.42 Å². The minimum absolute atomic E-state index is 0.0393. The van der Waals surface area contributed by atoms with E-state index in [9.17, 15) is 29.5 Å². The summed E-state index contributed by atoms with van der Waals surface area (Å²) in [5, 5.41) is 3.99. The largest absolute Gasteiger partial charge is 0.464 e. The first kappa shape index (κ1) is 56.5. The molecule has 380 valence electrons. The van der Waals surface area contributed by atoms with Crippen LogP contribution in [0.25, 0.3) is 10.4 Å². The zero-order valence-corrected chi connectivity index (χ0v) is 40.6. The summed E-state index contributed by atoms with van der Waals surface area (Å²) in [6.07, 6.45) is 8.51. The van der Waals surface area contributed by atoms with Gasteiger partial charge in [-0.2, -0.15) is 0 Å². The monoisotopic (exact) mass is 971 g/mol. The lowest BCUT2D eigenvalue weighted by atomic mass is 9.97. The number of carbonyl (C=O) groups is 5. The van der Waals surface area contributed by atoms with Gasteiger partial charge in [-0.15, -0.1) is 0 Å². The molecule has 1 saturated heterocycles. The number of ether oxygens (including phenoxy) is 9. The summed E-state index contributed by atoms with van der Waals surface area (Å²) >= 11 is 0. The molecule has 1 aliphatic heterocycles. The molecular weight excluding hydrogens is 903 g/mol. The molecule has 70 heavy (non-hydrogen) atoms. The molecule has 0 amide bonds. The summed E-state index contributed by atoms with van der Waals surface area (Å²) in [6.45, 7) is 3.54. The number of allylic oxidation sites excluding steroid dienone is 1. The molecule has 7 atom stereocenters. The summed E-state index contributed by atoms with van der Waals surface area (Å²) in [6, 6.07) is 23.1. The van der Waals surface area contributed by atoms with Gasteiger partial charge in [-0.25, -0.2) is 24.0 Å². The van der Waals surface area contributed by atoms with Gasteiger partial charge in [-0.1, -0.05) is 137 Å². The van der Waals surface area contributed by atoms with Crippen LogP contribution in [0, 0.1) is 0 Å². The Labute approximate surface area is 411 Å². The van der Waals surface area contributed by atoms with E-state index < -0.39 is 99.1 Å². The molecule has 0 aliphatic carbocycles. The minimum Gasteiger partial charge on any atom is -0.464 e. The second-order valence-electron chi connectivity index (χ2n) is 16.5. The van der Waals surface area contributed by atoms with Crippen LogP contribution in [0.4, 0.5) is 0 Å². The van der Waals surface area contributed by atoms with Gasteiger partial charge in [0, 0.05) is 4.91 Å². The van der Waals surface area contributed by atoms with Crippen molar-refractivity contribution in [2.75, 3.05) is 39.6 Å². The second-order valence-corrected chi connectivity index (χ2v) is 16.5. The number of unbranched alkanes of at least 4 members (excludes halogenated alkanes) is 11. The molecule has 0 spiro atoms. The minimum atomic E-state index is -1.64. The van der Waals surface area contributed by atoms with E-state index in [1.807, 2.05) is 6.08 Å². The number of esters is 5. The molecule has 0 radical (unpaired) electrons. The Balaban J connectivity index is 1.66. The van der Waals surface area contributed by atoms with Gasteiger partial charge in [-0.05, 0) is 74.7 Å². The van der Waals surface area contributed by atoms with Gasteiger partial charge in [0.25, 0.3) is 0 Å². The van der Waals surface area contributed by atoms with Crippen molar-refractivity contribution < 1.29 is 66.6 Å². The molecule has 17 nitrogen and oxygen atoms in total. The quantitative estimate of drug-likeness (QED) is 0.0106. The zero-order valence-electron chi connectivity index (χ0n) is 40.6. The van der Waals surface area contributed by atoms with Crippen LogP contribution in [0.15, 0.2) is 108 Å². The third-order valence-corrected chi connectivity index (χ3v) is 11.2. The molecule has 17 heteroatoms. The lowest BCUT2D eigenvalue weighted by Crippen LogP contribution is -2.63. The molecular formula is C53H69N3O14. The summed E-state index contributed by atoms with van der Waals surface area (Å²) in [5.41, 5.74) is 10.4. The second kappa shape index (κ2) is 33.4.